The third kappa shape index (κ3) is 1.86. The van der Waals surface area contributed by atoms with Gasteiger partial charge in [-0.05, 0) is 50.4 Å². The van der Waals surface area contributed by atoms with E-state index in [1.54, 1.807) is 0 Å². The van der Waals surface area contributed by atoms with Gasteiger partial charge in [0.2, 0.25) is 0 Å². The first-order chi connectivity index (χ1) is 6.29. The van der Waals surface area contributed by atoms with Gasteiger partial charge in [-0.2, -0.15) is 5.26 Å². The molecular weight excluding hydrogens is 162 g/mol. The highest BCUT2D eigenvalue weighted by Gasteiger charge is 2.34. The van der Waals surface area contributed by atoms with Crippen LogP contribution in [0.15, 0.2) is 0 Å². The number of rotatable bonds is 0. The van der Waals surface area contributed by atoms with Crippen LogP contribution in [0.1, 0.15) is 38.5 Å². The summed E-state index contributed by atoms with van der Waals surface area (Å²) in [5.41, 5.74) is 0. The summed E-state index contributed by atoms with van der Waals surface area (Å²) in [6.07, 6.45) is 6.35. The largest absolute Gasteiger partial charge is 0.393 e. The number of aliphatic hydroxyl groups excluding tert-OH is 1. The molecule has 0 heterocycles. The molecule has 1 N–H and O–H groups in total. The van der Waals surface area contributed by atoms with Crippen molar-refractivity contribution in [2.24, 2.45) is 17.8 Å². The average molecular weight is 179 g/mol. The summed E-state index contributed by atoms with van der Waals surface area (Å²) in [5.74, 6) is 1.76. The molecule has 13 heavy (non-hydrogen) atoms. The topological polar surface area (TPSA) is 44.0 Å². The highest BCUT2D eigenvalue weighted by molar-refractivity contribution is 4.93. The quantitative estimate of drug-likeness (QED) is 0.618. The van der Waals surface area contributed by atoms with Gasteiger partial charge in [0.25, 0.3) is 0 Å². The Morgan fingerprint density at radius 3 is 2.46 bits per heavy atom. The van der Waals surface area contributed by atoms with E-state index in [4.69, 9.17) is 5.26 Å². The molecule has 0 spiro atoms. The van der Waals surface area contributed by atoms with Gasteiger partial charge in [0.1, 0.15) is 0 Å². The molecule has 0 amide bonds. The fourth-order valence-electron chi connectivity index (χ4n) is 2.98. The van der Waals surface area contributed by atoms with E-state index in [1.807, 2.05) is 0 Å². The summed E-state index contributed by atoms with van der Waals surface area (Å²) in [5, 5.41) is 18.3. The fourth-order valence-corrected chi connectivity index (χ4v) is 2.98. The van der Waals surface area contributed by atoms with Crippen LogP contribution >= 0.6 is 0 Å². The van der Waals surface area contributed by atoms with E-state index in [1.165, 1.54) is 6.42 Å². The van der Waals surface area contributed by atoms with Crippen molar-refractivity contribution in [3.63, 3.8) is 0 Å². The molecule has 72 valence electrons. The summed E-state index contributed by atoms with van der Waals surface area (Å²) in [4.78, 5) is 0. The van der Waals surface area contributed by atoms with E-state index in [0.717, 1.165) is 38.0 Å². The summed E-state index contributed by atoms with van der Waals surface area (Å²) in [7, 11) is 0. The van der Waals surface area contributed by atoms with Crippen molar-refractivity contribution in [3.05, 3.63) is 0 Å². The van der Waals surface area contributed by atoms with Gasteiger partial charge in [0.05, 0.1) is 12.2 Å². The van der Waals surface area contributed by atoms with Crippen LogP contribution < -0.4 is 0 Å². The molecule has 2 aliphatic carbocycles. The van der Waals surface area contributed by atoms with Crippen LogP contribution in [0.4, 0.5) is 0 Å². The Labute approximate surface area is 79.6 Å². The zero-order chi connectivity index (χ0) is 9.26. The van der Waals surface area contributed by atoms with Crippen molar-refractivity contribution in [3.8, 4) is 6.07 Å². The second kappa shape index (κ2) is 3.67. The van der Waals surface area contributed by atoms with Crippen molar-refractivity contribution in [1.29, 1.82) is 5.26 Å². The summed E-state index contributed by atoms with van der Waals surface area (Å²) < 4.78 is 0. The van der Waals surface area contributed by atoms with Gasteiger partial charge in [-0.1, -0.05) is 0 Å². The summed E-state index contributed by atoms with van der Waals surface area (Å²) in [6, 6.07) is 2.39. The van der Waals surface area contributed by atoms with Gasteiger partial charge >= 0.3 is 0 Å². The number of aliphatic hydroxyl groups is 1. The monoisotopic (exact) mass is 179 g/mol. The first-order valence-corrected chi connectivity index (χ1v) is 5.37. The lowest BCUT2D eigenvalue weighted by atomic mass is 9.67. The van der Waals surface area contributed by atoms with Crippen molar-refractivity contribution in [1.82, 2.24) is 0 Å². The molecular formula is C11H17NO. The van der Waals surface area contributed by atoms with Gasteiger partial charge < -0.3 is 5.11 Å². The van der Waals surface area contributed by atoms with Crippen LogP contribution in [0.5, 0.6) is 0 Å². The van der Waals surface area contributed by atoms with E-state index in [2.05, 4.69) is 6.07 Å². The Hall–Kier alpha value is -0.550. The number of hydrogen-bond donors (Lipinski definition) is 1. The maximum Gasteiger partial charge on any atom is 0.0655 e. The lowest BCUT2D eigenvalue weighted by molar-refractivity contribution is 0.0418. The van der Waals surface area contributed by atoms with E-state index < -0.39 is 0 Å². The average Bonchev–Trinajstić information content (AvgIpc) is 2.17. The molecule has 0 aromatic heterocycles. The molecule has 2 saturated carbocycles. The molecule has 2 nitrogen and oxygen atoms in total. The van der Waals surface area contributed by atoms with Crippen molar-refractivity contribution in [2.75, 3.05) is 0 Å². The van der Waals surface area contributed by atoms with E-state index in [9.17, 15) is 5.11 Å². The molecule has 0 radical (unpaired) electrons. The second-order valence-corrected chi connectivity index (χ2v) is 4.63. The molecule has 0 aliphatic heterocycles. The number of nitriles is 1. The van der Waals surface area contributed by atoms with Crippen LogP contribution in [0.3, 0.4) is 0 Å². The molecule has 0 bridgehead atoms. The molecule has 4 atom stereocenters. The first kappa shape index (κ1) is 9.02. The highest BCUT2D eigenvalue weighted by atomic mass is 16.3. The van der Waals surface area contributed by atoms with Crippen molar-refractivity contribution >= 4 is 0 Å². The molecule has 2 aliphatic rings. The molecule has 2 fully saturated rings. The van der Waals surface area contributed by atoms with Gasteiger partial charge in [0.15, 0.2) is 0 Å². The number of hydrogen-bond acceptors (Lipinski definition) is 2. The van der Waals surface area contributed by atoms with Gasteiger partial charge in [-0.25, -0.2) is 0 Å². The lowest BCUT2D eigenvalue weighted by Gasteiger charge is -2.39. The third-order valence-electron chi connectivity index (χ3n) is 3.77. The predicted octanol–water partition coefficient (Wildman–Crippen LogP) is 2.09. The maximum atomic E-state index is 9.51. The molecule has 2 unspecified atom stereocenters. The lowest BCUT2D eigenvalue weighted by Crippen LogP contribution is -2.32. The summed E-state index contributed by atoms with van der Waals surface area (Å²) >= 11 is 0. The zero-order valence-electron chi connectivity index (χ0n) is 7.95. The van der Waals surface area contributed by atoms with Crippen molar-refractivity contribution in [2.45, 2.75) is 44.6 Å². The van der Waals surface area contributed by atoms with E-state index in [-0.39, 0.29) is 6.10 Å². The maximum absolute atomic E-state index is 9.51. The van der Waals surface area contributed by atoms with Gasteiger partial charge in [0, 0.05) is 5.92 Å². The van der Waals surface area contributed by atoms with Crippen LogP contribution in [-0.4, -0.2) is 11.2 Å². The minimum absolute atomic E-state index is 0.0557. The number of nitrogens with zero attached hydrogens (tertiary/aromatic N) is 1. The highest BCUT2D eigenvalue weighted by Crippen LogP contribution is 2.42. The Balaban J connectivity index is 1.95. The Morgan fingerprint density at radius 1 is 1.00 bits per heavy atom. The van der Waals surface area contributed by atoms with E-state index in [0.29, 0.717) is 11.8 Å². The molecule has 2 heteroatoms. The van der Waals surface area contributed by atoms with Gasteiger partial charge in [-0.15, -0.1) is 0 Å². The smallest absolute Gasteiger partial charge is 0.0655 e. The van der Waals surface area contributed by atoms with Crippen LogP contribution in [0.2, 0.25) is 0 Å². The SMILES string of the molecule is N#C[C@@H]1CCC2C[C@H](O)CCC2C1. The minimum Gasteiger partial charge on any atom is -0.393 e. The predicted molar refractivity (Wildman–Crippen MR) is 49.8 cm³/mol. The fraction of sp³-hybridized carbons (Fsp3) is 0.909. The second-order valence-electron chi connectivity index (χ2n) is 4.63. The third-order valence-corrected chi connectivity index (χ3v) is 3.77. The zero-order valence-corrected chi connectivity index (χ0v) is 7.95. The van der Waals surface area contributed by atoms with Gasteiger partial charge in [-0.3, -0.25) is 0 Å². The van der Waals surface area contributed by atoms with E-state index >= 15 is 0 Å². The standard InChI is InChI=1S/C11H17NO/c12-7-8-1-2-10-6-11(13)4-3-9(10)5-8/h8-11,13H,1-6H2/t8-,9?,10?,11-/m1/s1. The van der Waals surface area contributed by atoms with Crippen LogP contribution in [0, 0.1) is 29.1 Å². The first-order valence-electron chi connectivity index (χ1n) is 5.37. The molecule has 0 aromatic rings. The Kier molecular flexibility index (Phi) is 2.55. The Bertz CT molecular complexity index is 221. The molecule has 0 saturated heterocycles. The summed E-state index contributed by atoms with van der Waals surface area (Å²) in [6.45, 7) is 0. The number of fused-ring (bicyclic) bond motifs is 1. The molecule has 0 aromatic carbocycles. The van der Waals surface area contributed by atoms with Crippen LogP contribution in [-0.2, 0) is 0 Å². The van der Waals surface area contributed by atoms with Crippen LogP contribution in [0.25, 0.3) is 0 Å². The Morgan fingerprint density at radius 2 is 1.69 bits per heavy atom. The van der Waals surface area contributed by atoms with Crippen molar-refractivity contribution < 1.29 is 5.11 Å². The molecule has 2 rings (SSSR count). The normalized spacial score (nSPS) is 44.9. The minimum atomic E-state index is -0.0557.